The number of likely N-dealkylation sites (tertiary alicyclic amines) is 1. The van der Waals surface area contributed by atoms with Gasteiger partial charge < -0.3 is 10.0 Å². The van der Waals surface area contributed by atoms with Crippen LogP contribution >= 0.6 is 15.9 Å². The van der Waals surface area contributed by atoms with Crippen LogP contribution in [0.3, 0.4) is 0 Å². The molecule has 0 spiro atoms. The smallest absolute Gasteiger partial charge is 0.259 e. The van der Waals surface area contributed by atoms with Gasteiger partial charge in [-0.2, -0.15) is 5.10 Å². The molecule has 1 aliphatic heterocycles. The van der Waals surface area contributed by atoms with Gasteiger partial charge in [-0.15, -0.1) is 0 Å². The third-order valence-electron chi connectivity index (χ3n) is 3.62. The molecular weight excluding hydrogens is 324 g/mol. The van der Waals surface area contributed by atoms with Crippen molar-refractivity contribution in [2.24, 2.45) is 5.92 Å². The van der Waals surface area contributed by atoms with Crippen molar-refractivity contribution in [1.82, 2.24) is 19.5 Å². The molecule has 0 bridgehead atoms. The van der Waals surface area contributed by atoms with Crippen LogP contribution in [0.5, 0.6) is 0 Å². The van der Waals surface area contributed by atoms with Crippen molar-refractivity contribution in [1.29, 1.82) is 0 Å². The Bertz CT molecular complexity index is 642. The molecule has 2 aromatic heterocycles. The second-order valence-electron chi connectivity index (χ2n) is 5.04. The van der Waals surface area contributed by atoms with Gasteiger partial charge in [0.05, 0.1) is 10.7 Å². The first-order valence-electron chi connectivity index (χ1n) is 6.58. The van der Waals surface area contributed by atoms with E-state index in [1.165, 1.54) is 0 Å². The molecule has 1 saturated heterocycles. The highest BCUT2D eigenvalue weighted by Gasteiger charge is 2.26. The number of carbonyl (C=O) groups is 1. The molecule has 6 nitrogen and oxygen atoms in total. The van der Waals surface area contributed by atoms with Gasteiger partial charge >= 0.3 is 0 Å². The average molecular weight is 339 g/mol. The number of carbonyl (C=O) groups excluding carboxylic acids is 1. The molecule has 20 heavy (non-hydrogen) atoms. The van der Waals surface area contributed by atoms with Crippen molar-refractivity contribution >= 4 is 27.5 Å². The van der Waals surface area contributed by atoms with E-state index < -0.39 is 0 Å². The van der Waals surface area contributed by atoms with E-state index in [-0.39, 0.29) is 18.4 Å². The van der Waals surface area contributed by atoms with Crippen LogP contribution in [0.1, 0.15) is 23.2 Å². The first-order chi connectivity index (χ1) is 9.69. The number of rotatable bonds is 2. The zero-order chi connectivity index (χ0) is 14.1. The van der Waals surface area contributed by atoms with Gasteiger partial charge in [-0.05, 0) is 34.7 Å². The summed E-state index contributed by atoms with van der Waals surface area (Å²) in [5, 5.41) is 13.4. The predicted molar refractivity (Wildman–Crippen MR) is 76.4 cm³/mol. The highest BCUT2D eigenvalue weighted by atomic mass is 79.9. The number of piperidine rings is 1. The topological polar surface area (TPSA) is 70.7 Å². The molecule has 7 heteroatoms. The van der Waals surface area contributed by atoms with Gasteiger partial charge in [0.1, 0.15) is 5.56 Å². The molecule has 106 valence electrons. The van der Waals surface area contributed by atoms with Crippen molar-refractivity contribution in [3.05, 3.63) is 28.6 Å². The summed E-state index contributed by atoms with van der Waals surface area (Å²) in [4.78, 5) is 18.6. The SMILES string of the molecule is O=C(c1cnn2cc(Br)cnc12)N1CCCC(CO)C1. The molecule has 2 aromatic rings. The minimum atomic E-state index is -0.0621. The number of aromatic nitrogens is 3. The minimum absolute atomic E-state index is 0.0621. The fraction of sp³-hybridized carbons (Fsp3) is 0.462. The normalized spacial score (nSPS) is 19.5. The number of nitrogens with zero attached hydrogens (tertiary/aromatic N) is 4. The average Bonchev–Trinajstić information content (AvgIpc) is 2.89. The van der Waals surface area contributed by atoms with Gasteiger partial charge in [0, 0.05) is 32.1 Å². The van der Waals surface area contributed by atoms with E-state index in [0.717, 1.165) is 23.9 Å². The molecule has 0 aromatic carbocycles. The molecule has 1 atom stereocenters. The van der Waals surface area contributed by atoms with Crippen LogP contribution in [0.15, 0.2) is 23.1 Å². The summed E-state index contributed by atoms with van der Waals surface area (Å²) in [7, 11) is 0. The van der Waals surface area contributed by atoms with Crippen molar-refractivity contribution in [2.75, 3.05) is 19.7 Å². The maximum atomic E-state index is 12.6. The number of amides is 1. The fourth-order valence-electron chi connectivity index (χ4n) is 2.57. The van der Waals surface area contributed by atoms with Crippen LogP contribution in [0, 0.1) is 5.92 Å². The maximum absolute atomic E-state index is 12.6. The third-order valence-corrected chi connectivity index (χ3v) is 4.03. The Morgan fingerprint density at radius 1 is 1.50 bits per heavy atom. The summed E-state index contributed by atoms with van der Waals surface area (Å²) in [5.74, 6) is 0.115. The van der Waals surface area contributed by atoms with Crippen LogP contribution in [-0.4, -0.2) is 50.2 Å². The molecule has 0 saturated carbocycles. The maximum Gasteiger partial charge on any atom is 0.259 e. The monoisotopic (exact) mass is 338 g/mol. The summed E-state index contributed by atoms with van der Waals surface area (Å²) < 4.78 is 2.40. The number of aliphatic hydroxyl groups is 1. The zero-order valence-electron chi connectivity index (χ0n) is 10.9. The summed E-state index contributed by atoms with van der Waals surface area (Å²) in [5.41, 5.74) is 1.07. The lowest BCUT2D eigenvalue weighted by atomic mass is 9.98. The predicted octanol–water partition coefficient (Wildman–Crippen LogP) is 1.34. The van der Waals surface area contributed by atoms with Gasteiger partial charge in [0.25, 0.3) is 5.91 Å². The summed E-state index contributed by atoms with van der Waals surface area (Å²) in [6.45, 7) is 1.45. The third kappa shape index (κ3) is 2.43. The number of halogens is 1. The van der Waals surface area contributed by atoms with E-state index in [0.29, 0.717) is 17.8 Å². The first-order valence-corrected chi connectivity index (χ1v) is 7.37. The summed E-state index contributed by atoms with van der Waals surface area (Å²) in [6, 6.07) is 0. The number of hydrogen-bond donors (Lipinski definition) is 1. The van der Waals surface area contributed by atoms with Gasteiger partial charge in [-0.1, -0.05) is 0 Å². The minimum Gasteiger partial charge on any atom is -0.396 e. The molecule has 1 amide bonds. The molecular formula is C13H15BrN4O2. The Hall–Kier alpha value is -1.47. The van der Waals surface area contributed by atoms with Crippen molar-refractivity contribution in [2.45, 2.75) is 12.8 Å². The Labute approximate surface area is 124 Å². The largest absolute Gasteiger partial charge is 0.396 e. The Morgan fingerprint density at radius 3 is 3.15 bits per heavy atom. The Kier molecular flexibility index (Phi) is 3.71. The highest BCUT2D eigenvalue weighted by Crippen LogP contribution is 2.20. The standard InChI is InChI=1S/C13H15BrN4O2/c14-10-4-15-12-11(5-16-18(12)7-10)13(20)17-3-1-2-9(6-17)8-19/h4-5,7,9,19H,1-3,6,8H2. The van der Waals surface area contributed by atoms with Gasteiger partial charge in [-0.3, -0.25) is 4.79 Å². The second kappa shape index (κ2) is 5.49. The molecule has 0 radical (unpaired) electrons. The zero-order valence-corrected chi connectivity index (χ0v) is 12.5. The Balaban J connectivity index is 1.88. The van der Waals surface area contributed by atoms with Gasteiger partial charge in [0.15, 0.2) is 5.65 Å². The lowest BCUT2D eigenvalue weighted by Gasteiger charge is -2.31. The van der Waals surface area contributed by atoms with Crippen LogP contribution in [-0.2, 0) is 0 Å². The van der Waals surface area contributed by atoms with Crippen LogP contribution in [0.25, 0.3) is 5.65 Å². The van der Waals surface area contributed by atoms with Crippen molar-refractivity contribution in [3.63, 3.8) is 0 Å². The quantitative estimate of drug-likeness (QED) is 0.896. The molecule has 0 aliphatic carbocycles. The second-order valence-corrected chi connectivity index (χ2v) is 5.96. The van der Waals surface area contributed by atoms with E-state index in [9.17, 15) is 9.90 Å². The van der Waals surface area contributed by atoms with Crippen LogP contribution < -0.4 is 0 Å². The molecule has 1 N–H and O–H groups in total. The highest BCUT2D eigenvalue weighted by molar-refractivity contribution is 9.10. The number of hydrogen-bond acceptors (Lipinski definition) is 4. The molecule has 1 fully saturated rings. The number of fused-ring (bicyclic) bond motifs is 1. The van der Waals surface area contributed by atoms with E-state index in [1.54, 1.807) is 28.0 Å². The van der Waals surface area contributed by atoms with Gasteiger partial charge in [-0.25, -0.2) is 9.50 Å². The lowest BCUT2D eigenvalue weighted by molar-refractivity contribution is 0.0622. The van der Waals surface area contributed by atoms with Gasteiger partial charge in [0.2, 0.25) is 0 Å². The lowest BCUT2D eigenvalue weighted by Crippen LogP contribution is -2.40. The summed E-state index contributed by atoms with van der Waals surface area (Å²) >= 11 is 3.33. The first kappa shape index (κ1) is 13.5. The van der Waals surface area contributed by atoms with Crippen molar-refractivity contribution in [3.8, 4) is 0 Å². The summed E-state index contributed by atoms with van der Waals surface area (Å²) in [6.07, 6.45) is 6.88. The van der Waals surface area contributed by atoms with E-state index >= 15 is 0 Å². The molecule has 3 rings (SSSR count). The Morgan fingerprint density at radius 2 is 2.35 bits per heavy atom. The molecule has 1 unspecified atom stereocenters. The van der Waals surface area contributed by atoms with Crippen molar-refractivity contribution < 1.29 is 9.90 Å². The fourth-order valence-corrected chi connectivity index (χ4v) is 2.87. The molecule has 3 heterocycles. The van der Waals surface area contributed by atoms with E-state index in [1.807, 2.05) is 0 Å². The van der Waals surface area contributed by atoms with E-state index in [4.69, 9.17) is 0 Å². The van der Waals surface area contributed by atoms with E-state index in [2.05, 4.69) is 26.0 Å². The van der Waals surface area contributed by atoms with Crippen LogP contribution in [0.4, 0.5) is 0 Å². The number of aliphatic hydroxyl groups excluding tert-OH is 1. The van der Waals surface area contributed by atoms with Crippen LogP contribution in [0.2, 0.25) is 0 Å². The molecule has 1 aliphatic rings.